The lowest BCUT2D eigenvalue weighted by Crippen LogP contribution is -2.06. The lowest BCUT2D eigenvalue weighted by molar-refractivity contribution is 0.0526. The second-order valence-corrected chi connectivity index (χ2v) is 3.57. The van der Waals surface area contributed by atoms with Gasteiger partial charge in [-0.15, -0.1) is 0 Å². The smallest absolute Gasteiger partial charge is 0.341 e. The summed E-state index contributed by atoms with van der Waals surface area (Å²) in [5, 5.41) is 4.15. The molecule has 1 aromatic rings. The summed E-state index contributed by atoms with van der Waals surface area (Å²) in [7, 11) is 0. The van der Waals surface area contributed by atoms with Crippen molar-refractivity contribution in [3.8, 4) is 0 Å². The zero-order valence-corrected chi connectivity index (χ0v) is 9.56. The molecule has 1 aromatic heterocycles. The molecule has 0 spiro atoms. The van der Waals surface area contributed by atoms with Crippen LogP contribution >= 0.6 is 0 Å². The normalized spacial score (nSPS) is 12.5. The molecule has 15 heavy (non-hydrogen) atoms. The molecule has 0 bridgehead atoms. The van der Waals surface area contributed by atoms with Crippen molar-refractivity contribution in [2.24, 2.45) is 0 Å². The SMILES string of the molecule is CCCC(C)n1cc(C(=O)OCC)cn1. The molecular formula is C11H18N2O2. The third kappa shape index (κ3) is 3.08. The molecular weight excluding hydrogens is 192 g/mol. The second kappa shape index (κ2) is 5.53. The van der Waals surface area contributed by atoms with Gasteiger partial charge in [0.2, 0.25) is 0 Å². The molecule has 1 atom stereocenters. The summed E-state index contributed by atoms with van der Waals surface area (Å²) < 4.78 is 6.70. The number of ether oxygens (including phenoxy) is 1. The second-order valence-electron chi connectivity index (χ2n) is 3.57. The molecule has 0 saturated carbocycles. The van der Waals surface area contributed by atoms with E-state index in [1.165, 1.54) is 0 Å². The van der Waals surface area contributed by atoms with E-state index < -0.39 is 0 Å². The Balaban J connectivity index is 2.67. The van der Waals surface area contributed by atoms with Crippen LogP contribution in [0.1, 0.15) is 50.0 Å². The van der Waals surface area contributed by atoms with Crippen LogP contribution in [0.2, 0.25) is 0 Å². The van der Waals surface area contributed by atoms with Crippen molar-refractivity contribution in [2.75, 3.05) is 6.61 Å². The minimum absolute atomic E-state index is 0.299. The fourth-order valence-electron chi connectivity index (χ4n) is 1.45. The van der Waals surface area contributed by atoms with Gasteiger partial charge in [-0.05, 0) is 20.3 Å². The van der Waals surface area contributed by atoms with Crippen molar-refractivity contribution < 1.29 is 9.53 Å². The quantitative estimate of drug-likeness (QED) is 0.701. The van der Waals surface area contributed by atoms with Gasteiger partial charge < -0.3 is 4.74 Å². The fourth-order valence-corrected chi connectivity index (χ4v) is 1.45. The van der Waals surface area contributed by atoms with Gasteiger partial charge in [0.1, 0.15) is 0 Å². The average molecular weight is 210 g/mol. The van der Waals surface area contributed by atoms with Gasteiger partial charge in [0.05, 0.1) is 18.4 Å². The molecule has 4 heteroatoms. The Labute approximate surface area is 90.2 Å². The Hall–Kier alpha value is -1.32. The largest absolute Gasteiger partial charge is 0.462 e. The van der Waals surface area contributed by atoms with Crippen LogP contribution in [0.15, 0.2) is 12.4 Å². The number of rotatable bonds is 5. The molecule has 0 aromatic carbocycles. The van der Waals surface area contributed by atoms with Gasteiger partial charge in [0.15, 0.2) is 0 Å². The van der Waals surface area contributed by atoms with E-state index in [1.807, 2.05) is 4.68 Å². The minimum Gasteiger partial charge on any atom is -0.462 e. The average Bonchev–Trinajstić information content (AvgIpc) is 2.67. The zero-order chi connectivity index (χ0) is 11.3. The predicted molar refractivity (Wildman–Crippen MR) is 57.8 cm³/mol. The first-order valence-electron chi connectivity index (χ1n) is 5.40. The van der Waals surface area contributed by atoms with Crippen LogP contribution < -0.4 is 0 Å². The highest BCUT2D eigenvalue weighted by atomic mass is 16.5. The minimum atomic E-state index is -0.299. The van der Waals surface area contributed by atoms with E-state index in [0.717, 1.165) is 12.8 Å². The summed E-state index contributed by atoms with van der Waals surface area (Å²) in [6.07, 6.45) is 5.47. The van der Waals surface area contributed by atoms with E-state index in [0.29, 0.717) is 18.2 Å². The van der Waals surface area contributed by atoms with E-state index >= 15 is 0 Å². The van der Waals surface area contributed by atoms with Gasteiger partial charge in [-0.3, -0.25) is 4.68 Å². The molecule has 0 amide bonds. The summed E-state index contributed by atoms with van der Waals surface area (Å²) >= 11 is 0. The lowest BCUT2D eigenvalue weighted by Gasteiger charge is -2.09. The predicted octanol–water partition coefficient (Wildman–Crippen LogP) is 2.42. The zero-order valence-electron chi connectivity index (χ0n) is 9.56. The van der Waals surface area contributed by atoms with Gasteiger partial charge in [0.25, 0.3) is 0 Å². The van der Waals surface area contributed by atoms with E-state index in [-0.39, 0.29) is 5.97 Å². The Morgan fingerprint density at radius 1 is 1.60 bits per heavy atom. The monoisotopic (exact) mass is 210 g/mol. The van der Waals surface area contributed by atoms with Crippen LogP contribution in [-0.4, -0.2) is 22.4 Å². The molecule has 0 aliphatic heterocycles. The molecule has 84 valence electrons. The molecule has 0 N–H and O–H groups in total. The number of hydrogen-bond donors (Lipinski definition) is 0. The molecule has 0 aliphatic rings. The van der Waals surface area contributed by atoms with Gasteiger partial charge in [-0.25, -0.2) is 4.79 Å². The Bertz CT molecular complexity index is 320. The summed E-state index contributed by atoms with van der Waals surface area (Å²) in [6.45, 7) is 6.41. The first kappa shape index (κ1) is 11.8. The Kier molecular flexibility index (Phi) is 4.34. The van der Waals surface area contributed by atoms with Crippen molar-refractivity contribution in [1.82, 2.24) is 9.78 Å². The van der Waals surface area contributed by atoms with Gasteiger partial charge >= 0.3 is 5.97 Å². The van der Waals surface area contributed by atoms with Crippen molar-refractivity contribution in [3.05, 3.63) is 18.0 Å². The Morgan fingerprint density at radius 2 is 2.33 bits per heavy atom. The van der Waals surface area contributed by atoms with Crippen LogP contribution in [0.5, 0.6) is 0 Å². The topological polar surface area (TPSA) is 44.1 Å². The van der Waals surface area contributed by atoms with Crippen LogP contribution in [0.3, 0.4) is 0 Å². The summed E-state index contributed by atoms with van der Waals surface area (Å²) in [4.78, 5) is 11.4. The van der Waals surface area contributed by atoms with Crippen LogP contribution in [-0.2, 0) is 4.74 Å². The number of carbonyl (C=O) groups is 1. The summed E-state index contributed by atoms with van der Waals surface area (Å²) in [5.41, 5.74) is 0.528. The highest BCUT2D eigenvalue weighted by molar-refractivity contribution is 5.88. The maximum atomic E-state index is 11.4. The highest BCUT2D eigenvalue weighted by Crippen LogP contribution is 2.12. The molecule has 0 fully saturated rings. The van der Waals surface area contributed by atoms with Crippen molar-refractivity contribution in [3.63, 3.8) is 0 Å². The number of carbonyl (C=O) groups excluding carboxylic acids is 1. The Morgan fingerprint density at radius 3 is 2.93 bits per heavy atom. The van der Waals surface area contributed by atoms with E-state index in [9.17, 15) is 4.79 Å². The first-order chi connectivity index (χ1) is 7.19. The molecule has 1 heterocycles. The summed E-state index contributed by atoms with van der Waals surface area (Å²) in [6, 6.07) is 0.332. The fraction of sp³-hybridized carbons (Fsp3) is 0.636. The maximum Gasteiger partial charge on any atom is 0.341 e. The maximum absolute atomic E-state index is 11.4. The third-order valence-electron chi connectivity index (χ3n) is 2.27. The van der Waals surface area contributed by atoms with Crippen molar-refractivity contribution in [2.45, 2.75) is 39.7 Å². The lowest BCUT2D eigenvalue weighted by atomic mass is 10.2. The van der Waals surface area contributed by atoms with Crippen LogP contribution in [0, 0.1) is 0 Å². The van der Waals surface area contributed by atoms with Crippen LogP contribution in [0.4, 0.5) is 0 Å². The van der Waals surface area contributed by atoms with Gasteiger partial charge in [0, 0.05) is 12.2 Å². The standard InChI is InChI=1S/C11H18N2O2/c1-4-6-9(3)13-8-10(7-12-13)11(14)15-5-2/h7-9H,4-6H2,1-3H3. The first-order valence-corrected chi connectivity index (χ1v) is 5.40. The van der Waals surface area contributed by atoms with E-state index in [1.54, 1.807) is 19.3 Å². The van der Waals surface area contributed by atoms with Crippen molar-refractivity contribution in [1.29, 1.82) is 0 Å². The molecule has 1 unspecified atom stereocenters. The van der Waals surface area contributed by atoms with E-state index in [2.05, 4.69) is 18.9 Å². The number of aromatic nitrogens is 2. The molecule has 0 radical (unpaired) electrons. The van der Waals surface area contributed by atoms with Crippen LogP contribution in [0.25, 0.3) is 0 Å². The summed E-state index contributed by atoms with van der Waals surface area (Å²) in [5.74, 6) is -0.299. The highest BCUT2D eigenvalue weighted by Gasteiger charge is 2.11. The third-order valence-corrected chi connectivity index (χ3v) is 2.27. The molecule has 0 aliphatic carbocycles. The number of nitrogens with zero attached hydrogens (tertiary/aromatic N) is 2. The van der Waals surface area contributed by atoms with Gasteiger partial charge in [-0.2, -0.15) is 5.10 Å². The molecule has 1 rings (SSSR count). The molecule has 4 nitrogen and oxygen atoms in total. The molecule has 0 saturated heterocycles. The van der Waals surface area contributed by atoms with E-state index in [4.69, 9.17) is 4.74 Å². The van der Waals surface area contributed by atoms with Crippen molar-refractivity contribution >= 4 is 5.97 Å². The van der Waals surface area contributed by atoms with Gasteiger partial charge in [-0.1, -0.05) is 13.3 Å². The number of esters is 1. The number of hydrogen-bond acceptors (Lipinski definition) is 3.